The van der Waals surface area contributed by atoms with Gasteiger partial charge < -0.3 is 16.4 Å². The Morgan fingerprint density at radius 3 is 2.19 bits per heavy atom. The van der Waals surface area contributed by atoms with Crippen molar-refractivity contribution in [3.05, 3.63) is 71.0 Å². The lowest BCUT2D eigenvalue weighted by atomic mass is 9.64. The van der Waals surface area contributed by atoms with Crippen LogP contribution in [-0.2, 0) is 12.0 Å². The molecule has 3 rings (SSSR count). The van der Waals surface area contributed by atoms with Crippen molar-refractivity contribution in [1.29, 1.82) is 0 Å². The molecule has 0 aliphatic heterocycles. The van der Waals surface area contributed by atoms with Crippen LogP contribution in [0.2, 0.25) is 0 Å². The number of rotatable bonds is 6. The van der Waals surface area contributed by atoms with Crippen LogP contribution in [0.25, 0.3) is 0 Å². The molecule has 0 bridgehead atoms. The molecule has 136 valence electrons. The van der Waals surface area contributed by atoms with Crippen molar-refractivity contribution >= 4 is 11.9 Å². The van der Waals surface area contributed by atoms with Gasteiger partial charge in [0, 0.05) is 24.1 Å². The van der Waals surface area contributed by atoms with Gasteiger partial charge in [0.15, 0.2) is 0 Å². The summed E-state index contributed by atoms with van der Waals surface area (Å²) in [4.78, 5) is 23.2. The van der Waals surface area contributed by atoms with Gasteiger partial charge in [-0.05, 0) is 48.2 Å². The molecule has 0 aromatic heterocycles. The molecule has 2 aromatic rings. The molecule has 0 unspecified atom stereocenters. The highest BCUT2D eigenvalue weighted by Gasteiger charge is 2.38. The van der Waals surface area contributed by atoms with Crippen molar-refractivity contribution < 1.29 is 14.0 Å². The minimum atomic E-state index is -0.585. The van der Waals surface area contributed by atoms with Crippen molar-refractivity contribution in [3.8, 4) is 0 Å². The van der Waals surface area contributed by atoms with E-state index in [4.69, 9.17) is 5.73 Å². The number of benzene rings is 2. The summed E-state index contributed by atoms with van der Waals surface area (Å²) in [5.74, 6) is -0.397. The van der Waals surface area contributed by atoms with Crippen LogP contribution in [-0.4, -0.2) is 18.5 Å². The predicted octanol–water partition coefficient (Wildman–Crippen LogP) is 2.85. The molecule has 0 radical (unpaired) electrons. The van der Waals surface area contributed by atoms with Crippen LogP contribution in [0.3, 0.4) is 0 Å². The molecule has 0 spiro atoms. The van der Waals surface area contributed by atoms with Gasteiger partial charge in [-0.25, -0.2) is 9.18 Å². The lowest BCUT2D eigenvalue weighted by Gasteiger charge is -2.42. The second-order valence-corrected chi connectivity index (χ2v) is 6.74. The topological polar surface area (TPSA) is 84.2 Å². The fourth-order valence-electron chi connectivity index (χ4n) is 3.29. The Morgan fingerprint density at radius 2 is 1.65 bits per heavy atom. The number of carbonyl (C=O) groups is 2. The zero-order chi connectivity index (χ0) is 18.6. The second-order valence-electron chi connectivity index (χ2n) is 6.74. The number of urea groups is 1. The van der Waals surface area contributed by atoms with Gasteiger partial charge in [0.2, 0.25) is 0 Å². The summed E-state index contributed by atoms with van der Waals surface area (Å²) in [6, 6.07) is 13.0. The molecule has 0 heterocycles. The number of nitrogens with two attached hydrogens (primary N) is 1. The summed E-state index contributed by atoms with van der Waals surface area (Å²) >= 11 is 0. The molecule has 5 nitrogen and oxygen atoms in total. The third kappa shape index (κ3) is 4.02. The van der Waals surface area contributed by atoms with Crippen LogP contribution in [0, 0.1) is 5.82 Å². The van der Waals surface area contributed by atoms with Gasteiger partial charge in [-0.2, -0.15) is 0 Å². The molecule has 1 fully saturated rings. The molecule has 1 aliphatic carbocycles. The van der Waals surface area contributed by atoms with E-state index in [9.17, 15) is 14.0 Å². The lowest BCUT2D eigenvalue weighted by molar-refractivity contribution is 0.0927. The second kappa shape index (κ2) is 7.56. The first kappa shape index (κ1) is 17.9. The van der Waals surface area contributed by atoms with E-state index in [1.807, 2.05) is 0 Å². The van der Waals surface area contributed by atoms with Crippen LogP contribution in [0.5, 0.6) is 0 Å². The number of hydrogen-bond acceptors (Lipinski definition) is 2. The molecule has 6 heteroatoms. The molecule has 4 N–H and O–H groups in total. The van der Waals surface area contributed by atoms with Gasteiger partial charge in [0.05, 0.1) is 0 Å². The Labute approximate surface area is 151 Å². The summed E-state index contributed by atoms with van der Waals surface area (Å²) in [6.07, 6.45) is 3.07. The van der Waals surface area contributed by atoms with Crippen molar-refractivity contribution in [1.82, 2.24) is 10.6 Å². The molecule has 3 amide bonds. The Kier molecular flexibility index (Phi) is 5.21. The summed E-state index contributed by atoms with van der Waals surface area (Å²) < 4.78 is 13.2. The summed E-state index contributed by atoms with van der Waals surface area (Å²) in [7, 11) is 0. The first-order valence-corrected chi connectivity index (χ1v) is 8.65. The maximum Gasteiger partial charge on any atom is 0.312 e. The average molecular weight is 355 g/mol. The summed E-state index contributed by atoms with van der Waals surface area (Å²) in [5, 5.41) is 5.51. The Balaban J connectivity index is 1.60. The number of hydrogen-bond donors (Lipinski definition) is 3. The standard InChI is InChI=1S/C20H22FN3O2/c21-17-8-6-16(7-9-17)20(10-1-11-20)13-24-18(25)15-4-2-14(3-5-15)12-23-19(22)26/h2-9H,1,10-13H2,(H,24,25)(H3,22,23,26). The Morgan fingerprint density at radius 1 is 1.00 bits per heavy atom. The molecule has 2 aromatic carbocycles. The van der Waals surface area contributed by atoms with Crippen molar-refractivity contribution in [2.75, 3.05) is 6.54 Å². The SMILES string of the molecule is NC(=O)NCc1ccc(C(=O)NCC2(c3ccc(F)cc3)CCC2)cc1. The zero-order valence-electron chi connectivity index (χ0n) is 14.4. The summed E-state index contributed by atoms with van der Waals surface area (Å²) in [6.45, 7) is 0.855. The van der Waals surface area contributed by atoms with E-state index in [1.54, 1.807) is 36.4 Å². The fourth-order valence-corrected chi connectivity index (χ4v) is 3.29. The van der Waals surface area contributed by atoms with Crippen LogP contribution >= 0.6 is 0 Å². The monoisotopic (exact) mass is 355 g/mol. The van der Waals surface area contributed by atoms with Crippen LogP contribution in [0.1, 0.15) is 40.7 Å². The summed E-state index contributed by atoms with van der Waals surface area (Å²) in [5.41, 5.74) is 7.42. The molecule has 26 heavy (non-hydrogen) atoms. The Hall–Kier alpha value is -2.89. The zero-order valence-corrected chi connectivity index (χ0v) is 14.4. The van der Waals surface area contributed by atoms with Gasteiger partial charge in [-0.3, -0.25) is 4.79 Å². The molecule has 1 aliphatic rings. The number of amides is 3. The first-order chi connectivity index (χ1) is 12.5. The predicted molar refractivity (Wildman–Crippen MR) is 97.1 cm³/mol. The van der Waals surface area contributed by atoms with Gasteiger partial charge in [-0.15, -0.1) is 0 Å². The highest BCUT2D eigenvalue weighted by molar-refractivity contribution is 5.94. The fraction of sp³-hybridized carbons (Fsp3) is 0.300. The van der Waals surface area contributed by atoms with E-state index in [-0.39, 0.29) is 17.1 Å². The Bertz CT molecular complexity index is 784. The average Bonchev–Trinajstić information content (AvgIpc) is 2.60. The number of nitrogens with one attached hydrogen (secondary N) is 2. The van der Waals surface area contributed by atoms with E-state index in [2.05, 4.69) is 10.6 Å². The van der Waals surface area contributed by atoms with Gasteiger partial charge >= 0.3 is 6.03 Å². The van der Waals surface area contributed by atoms with Crippen LogP contribution in [0.15, 0.2) is 48.5 Å². The minimum absolute atomic E-state index is 0.102. The lowest BCUT2D eigenvalue weighted by Crippen LogP contribution is -2.45. The van der Waals surface area contributed by atoms with Crippen molar-refractivity contribution in [2.24, 2.45) is 5.73 Å². The van der Waals surface area contributed by atoms with Crippen molar-refractivity contribution in [3.63, 3.8) is 0 Å². The van der Waals surface area contributed by atoms with E-state index in [0.29, 0.717) is 18.7 Å². The van der Waals surface area contributed by atoms with Gasteiger partial charge in [0.1, 0.15) is 5.82 Å². The van der Waals surface area contributed by atoms with Gasteiger partial charge in [0.25, 0.3) is 5.91 Å². The maximum absolute atomic E-state index is 13.2. The van der Waals surface area contributed by atoms with E-state index in [0.717, 1.165) is 30.4 Å². The quantitative estimate of drug-likeness (QED) is 0.744. The van der Waals surface area contributed by atoms with Crippen molar-refractivity contribution in [2.45, 2.75) is 31.2 Å². The molecule has 0 saturated heterocycles. The van der Waals surface area contributed by atoms with Crippen LogP contribution in [0.4, 0.5) is 9.18 Å². The van der Waals surface area contributed by atoms with Crippen LogP contribution < -0.4 is 16.4 Å². The maximum atomic E-state index is 13.2. The molecule has 0 atom stereocenters. The van der Waals surface area contributed by atoms with E-state index >= 15 is 0 Å². The highest BCUT2D eigenvalue weighted by Crippen LogP contribution is 2.43. The molecular formula is C20H22FN3O2. The third-order valence-corrected chi connectivity index (χ3v) is 5.04. The largest absolute Gasteiger partial charge is 0.352 e. The van der Waals surface area contributed by atoms with E-state index < -0.39 is 6.03 Å². The number of carbonyl (C=O) groups excluding carboxylic acids is 2. The smallest absolute Gasteiger partial charge is 0.312 e. The minimum Gasteiger partial charge on any atom is -0.352 e. The first-order valence-electron chi connectivity index (χ1n) is 8.65. The number of halogens is 1. The molecular weight excluding hydrogens is 333 g/mol. The van der Waals surface area contributed by atoms with E-state index in [1.165, 1.54) is 12.1 Å². The van der Waals surface area contributed by atoms with Gasteiger partial charge in [-0.1, -0.05) is 30.7 Å². The third-order valence-electron chi connectivity index (χ3n) is 5.04. The molecule has 1 saturated carbocycles. The number of primary amides is 1. The normalized spacial score (nSPS) is 15.0. The highest BCUT2D eigenvalue weighted by atomic mass is 19.1.